The summed E-state index contributed by atoms with van der Waals surface area (Å²) in [5, 5.41) is 5.60. The average Bonchev–Trinajstić information content (AvgIpc) is 3.05. The number of nitrogens with one attached hydrogen (secondary N) is 2. The van der Waals surface area contributed by atoms with Crippen LogP contribution < -0.4 is 10.6 Å². The van der Waals surface area contributed by atoms with Crippen LogP contribution in [0.25, 0.3) is 0 Å². The molecule has 22 heavy (non-hydrogen) atoms. The largest absolute Gasteiger partial charge is 0.467 e. The van der Waals surface area contributed by atoms with Crippen molar-refractivity contribution in [2.75, 3.05) is 0 Å². The van der Waals surface area contributed by atoms with Gasteiger partial charge in [-0.3, -0.25) is 9.59 Å². The summed E-state index contributed by atoms with van der Waals surface area (Å²) in [6.45, 7) is 2.26. The Labute approximate surface area is 129 Å². The zero-order valence-corrected chi connectivity index (χ0v) is 12.5. The molecule has 1 unspecified atom stereocenters. The minimum atomic E-state index is -0.168. The molecule has 0 aliphatic rings. The molecule has 0 radical (unpaired) electrons. The zero-order chi connectivity index (χ0) is 15.8. The van der Waals surface area contributed by atoms with Gasteiger partial charge in [0.1, 0.15) is 5.76 Å². The highest BCUT2D eigenvalue weighted by Gasteiger charge is 2.11. The van der Waals surface area contributed by atoms with Crippen LogP contribution in [0.5, 0.6) is 0 Å². The minimum absolute atomic E-state index is 0.0696. The van der Waals surface area contributed by atoms with Crippen molar-refractivity contribution >= 4 is 11.8 Å². The maximum atomic E-state index is 11.9. The van der Waals surface area contributed by atoms with Gasteiger partial charge < -0.3 is 15.1 Å². The number of furan rings is 1. The second-order valence-electron chi connectivity index (χ2n) is 5.06. The van der Waals surface area contributed by atoms with E-state index in [1.165, 1.54) is 0 Å². The van der Waals surface area contributed by atoms with Gasteiger partial charge in [-0.25, -0.2) is 0 Å². The second kappa shape index (κ2) is 8.02. The van der Waals surface area contributed by atoms with Crippen LogP contribution in [0.2, 0.25) is 0 Å². The van der Waals surface area contributed by atoms with Crippen LogP contribution in [0, 0.1) is 0 Å². The first-order valence-electron chi connectivity index (χ1n) is 7.28. The molecule has 5 nitrogen and oxygen atoms in total. The molecule has 5 heteroatoms. The maximum absolute atomic E-state index is 11.9. The highest BCUT2D eigenvalue weighted by molar-refractivity contribution is 5.83. The van der Waals surface area contributed by atoms with Crippen molar-refractivity contribution in [3.63, 3.8) is 0 Å². The van der Waals surface area contributed by atoms with E-state index in [4.69, 9.17) is 4.42 Å². The normalized spacial score (nSPS) is 11.7. The van der Waals surface area contributed by atoms with Gasteiger partial charge >= 0.3 is 0 Å². The summed E-state index contributed by atoms with van der Waals surface area (Å²) in [6, 6.07) is 13.2. The SMILES string of the molecule is CC(NC(=O)CCC(=O)NCc1ccco1)c1ccccc1. The van der Waals surface area contributed by atoms with E-state index in [0.717, 1.165) is 5.56 Å². The standard InChI is InChI=1S/C17H20N2O3/c1-13(14-6-3-2-4-7-14)19-17(21)10-9-16(20)18-12-15-8-5-11-22-15/h2-8,11,13H,9-10,12H2,1H3,(H,18,20)(H,19,21). The van der Waals surface area contributed by atoms with E-state index >= 15 is 0 Å². The van der Waals surface area contributed by atoms with Gasteiger partial charge in [-0.1, -0.05) is 30.3 Å². The molecule has 2 amide bonds. The smallest absolute Gasteiger partial charge is 0.220 e. The number of rotatable bonds is 7. The van der Waals surface area contributed by atoms with Crippen molar-refractivity contribution in [1.82, 2.24) is 10.6 Å². The molecule has 0 fully saturated rings. The van der Waals surface area contributed by atoms with Crippen LogP contribution in [-0.2, 0) is 16.1 Å². The van der Waals surface area contributed by atoms with E-state index in [0.29, 0.717) is 12.3 Å². The summed E-state index contributed by atoms with van der Waals surface area (Å²) in [7, 11) is 0. The predicted molar refractivity (Wildman–Crippen MR) is 82.8 cm³/mol. The molecule has 2 rings (SSSR count). The van der Waals surface area contributed by atoms with Crippen LogP contribution in [0.15, 0.2) is 53.1 Å². The molecule has 1 aromatic carbocycles. The molecule has 0 aliphatic heterocycles. The minimum Gasteiger partial charge on any atom is -0.467 e. The number of carbonyl (C=O) groups is 2. The molecule has 0 aliphatic carbocycles. The van der Waals surface area contributed by atoms with Crippen molar-refractivity contribution in [3.05, 3.63) is 60.1 Å². The first-order chi connectivity index (χ1) is 10.6. The second-order valence-corrected chi connectivity index (χ2v) is 5.06. The number of carbonyl (C=O) groups excluding carboxylic acids is 2. The molecule has 0 saturated carbocycles. The maximum Gasteiger partial charge on any atom is 0.220 e. The van der Waals surface area contributed by atoms with Crippen LogP contribution >= 0.6 is 0 Å². The van der Waals surface area contributed by atoms with Crippen molar-refractivity contribution in [2.45, 2.75) is 32.4 Å². The summed E-state index contributed by atoms with van der Waals surface area (Å²) in [4.78, 5) is 23.5. The molecule has 116 valence electrons. The molecular formula is C17H20N2O3. The van der Waals surface area contributed by atoms with Gasteiger partial charge in [0, 0.05) is 12.8 Å². The zero-order valence-electron chi connectivity index (χ0n) is 12.5. The molecule has 0 spiro atoms. The third kappa shape index (κ3) is 5.09. The van der Waals surface area contributed by atoms with Crippen LogP contribution in [-0.4, -0.2) is 11.8 Å². The summed E-state index contributed by atoms with van der Waals surface area (Å²) in [5.41, 5.74) is 1.04. The van der Waals surface area contributed by atoms with Crippen LogP contribution in [0.3, 0.4) is 0 Å². The Morgan fingerprint density at radius 2 is 1.77 bits per heavy atom. The summed E-state index contributed by atoms with van der Waals surface area (Å²) in [5.74, 6) is 0.388. The monoisotopic (exact) mass is 300 g/mol. The molecule has 0 saturated heterocycles. The quantitative estimate of drug-likeness (QED) is 0.825. The fourth-order valence-electron chi connectivity index (χ4n) is 2.05. The van der Waals surface area contributed by atoms with Gasteiger partial charge in [0.2, 0.25) is 11.8 Å². The fraction of sp³-hybridized carbons (Fsp3) is 0.294. The third-order valence-electron chi connectivity index (χ3n) is 3.30. The predicted octanol–water partition coefficient (Wildman–Crippen LogP) is 2.55. The number of amides is 2. The first-order valence-corrected chi connectivity index (χ1v) is 7.28. The Bertz CT molecular complexity index is 594. The van der Waals surface area contributed by atoms with E-state index in [1.807, 2.05) is 37.3 Å². The average molecular weight is 300 g/mol. The molecule has 2 N–H and O–H groups in total. The summed E-state index contributed by atoms with van der Waals surface area (Å²) in [6.07, 6.45) is 1.88. The van der Waals surface area contributed by atoms with Crippen LogP contribution in [0.1, 0.15) is 37.1 Å². The lowest BCUT2D eigenvalue weighted by atomic mass is 10.1. The molecule has 0 bridgehead atoms. The van der Waals surface area contributed by atoms with E-state index in [9.17, 15) is 9.59 Å². The van der Waals surface area contributed by atoms with Crippen LogP contribution in [0.4, 0.5) is 0 Å². The number of hydrogen-bond donors (Lipinski definition) is 2. The molecular weight excluding hydrogens is 280 g/mol. The van der Waals surface area contributed by atoms with E-state index in [-0.39, 0.29) is 30.7 Å². The number of hydrogen-bond acceptors (Lipinski definition) is 3. The Morgan fingerprint density at radius 3 is 2.45 bits per heavy atom. The molecule has 1 aromatic heterocycles. The molecule has 1 atom stereocenters. The first kappa shape index (κ1) is 15.8. The lowest BCUT2D eigenvalue weighted by molar-refractivity contribution is -0.126. The fourth-order valence-corrected chi connectivity index (χ4v) is 2.05. The Balaban J connectivity index is 1.67. The summed E-state index contributed by atoms with van der Waals surface area (Å²) >= 11 is 0. The van der Waals surface area contributed by atoms with Gasteiger partial charge in [0.25, 0.3) is 0 Å². The van der Waals surface area contributed by atoms with E-state index < -0.39 is 0 Å². The van der Waals surface area contributed by atoms with Crippen molar-refractivity contribution in [1.29, 1.82) is 0 Å². The van der Waals surface area contributed by atoms with Gasteiger partial charge in [-0.05, 0) is 24.6 Å². The lowest BCUT2D eigenvalue weighted by Crippen LogP contribution is -2.29. The Hall–Kier alpha value is -2.56. The van der Waals surface area contributed by atoms with Crippen molar-refractivity contribution < 1.29 is 14.0 Å². The van der Waals surface area contributed by atoms with Gasteiger partial charge in [0.05, 0.1) is 18.8 Å². The lowest BCUT2D eigenvalue weighted by Gasteiger charge is -2.14. The van der Waals surface area contributed by atoms with Gasteiger partial charge in [0.15, 0.2) is 0 Å². The number of benzene rings is 1. The van der Waals surface area contributed by atoms with Gasteiger partial charge in [-0.15, -0.1) is 0 Å². The third-order valence-corrected chi connectivity index (χ3v) is 3.30. The Kier molecular flexibility index (Phi) is 5.77. The highest BCUT2D eigenvalue weighted by atomic mass is 16.3. The van der Waals surface area contributed by atoms with E-state index in [1.54, 1.807) is 18.4 Å². The van der Waals surface area contributed by atoms with Gasteiger partial charge in [-0.2, -0.15) is 0 Å². The highest BCUT2D eigenvalue weighted by Crippen LogP contribution is 2.11. The van der Waals surface area contributed by atoms with E-state index in [2.05, 4.69) is 10.6 Å². The van der Waals surface area contributed by atoms with Crippen molar-refractivity contribution in [3.8, 4) is 0 Å². The van der Waals surface area contributed by atoms with Crippen molar-refractivity contribution in [2.24, 2.45) is 0 Å². The Morgan fingerprint density at radius 1 is 1.05 bits per heavy atom. The molecule has 1 heterocycles. The molecule has 2 aromatic rings. The topological polar surface area (TPSA) is 71.3 Å². The summed E-state index contributed by atoms with van der Waals surface area (Å²) < 4.78 is 5.12.